The second-order valence-corrected chi connectivity index (χ2v) is 13.4. The van der Waals surface area contributed by atoms with Gasteiger partial charge in [-0.15, -0.1) is 0 Å². The lowest BCUT2D eigenvalue weighted by atomic mass is 9.97. The molecule has 1 fully saturated rings. The van der Waals surface area contributed by atoms with Crippen LogP contribution in [0.15, 0.2) is 48.5 Å². The average Bonchev–Trinajstić information content (AvgIpc) is 3.85. The topological polar surface area (TPSA) is 186 Å². The van der Waals surface area contributed by atoms with Gasteiger partial charge in [0.15, 0.2) is 6.61 Å². The zero-order chi connectivity index (χ0) is 37.4. The number of amides is 3. The number of hydrogen-bond acceptors (Lipinski definition) is 11. The summed E-state index contributed by atoms with van der Waals surface area (Å²) in [7, 11) is 1.14. The monoisotopic (exact) mass is 734 g/mol. The third-order valence-corrected chi connectivity index (χ3v) is 7.63. The maximum Gasteiger partial charge on any atom is 0.422 e. The van der Waals surface area contributed by atoms with E-state index in [9.17, 15) is 32.3 Å². The third kappa shape index (κ3) is 12.0. The molecule has 14 nitrogen and oxygen atoms in total. The maximum atomic E-state index is 13.0. The molecule has 2 aromatic carbocycles. The van der Waals surface area contributed by atoms with Crippen molar-refractivity contribution in [1.29, 1.82) is 0 Å². The summed E-state index contributed by atoms with van der Waals surface area (Å²) < 4.78 is 48.4. The van der Waals surface area contributed by atoms with Crippen molar-refractivity contribution in [3.8, 4) is 6.01 Å². The van der Waals surface area contributed by atoms with Gasteiger partial charge in [0, 0.05) is 29.4 Å². The predicted octanol–water partition coefficient (Wildman–Crippen LogP) is 4.25. The van der Waals surface area contributed by atoms with Crippen LogP contribution in [0.2, 0.25) is 5.02 Å². The van der Waals surface area contributed by atoms with Crippen LogP contribution in [-0.2, 0) is 24.7 Å². The normalized spacial score (nSPS) is 14.0. The molecule has 5 N–H and O–H groups in total. The fourth-order valence-corrected chi connectivity index (χ4v) is 4.70. The second-order valence-electron chi connectivity index (χ2n) is 12.9. The second kappa shape index (κ2) is 16.2. The predicted molar refractivity (Wildman–Crippen MR) is 180 cm³/mol. The molecule has 1 aliphatic rings. The highest BCUT2D eigenvalue weighted by molar-refractivity contribution is 6.35. The number of anilines is 3. The molecule has 1 saturated carbocycles. The summed E-state index contributed by atoms with van der Waals surface area (Å²) in [5.74, 6) is -3.27. The summed E-state index contributed by atoms with van der Waals surface area (Å²) in [5.41, 5.74) is 0.627. The smallest absolute Gasteiger partial charge is 0.422 e. The van der Waals surface area contributed by atoms with Crippen molar-refractivity contribution < 1.29 is 41.8 Å². The number of halogens is 4. The van der Waals surface area contributed by atoms with Crippen molar-refractivity contribution in [2.24, 2.45) is 5.41 Å². The number of ether oxygens (including phenoxy) is 2. The van der Waals surface area contributed by atoms with E-state index in [0.29, 0.717) is 23.6 Å². The minimum absolute atomic E-state index is 0.0244. The van der Waals surface area contributed by atoms with E-state index in [0.717, 1.165) is 12.7 Å². The molecule has 0 bridgehead atoms. The number of methoxy groups -OCH3 is 1. The minimum atomic E-state index is -4.63. The number of carbonyl (C=O) groups excluding carboxylic acids is 4. The van der Waals surface area contributed by atoms with Gasteiger partial charge in [-0.2, -0.15) is 28.1 Å². The molecule has 3 aromatic rings. The molecular formula is C33H38ClF3N8O6. The Morgan fingerprint density at radius 2 is 1.53 bits per heavy atom. The van der Waals surface area contributed by atoms with Gasteiger partial charge in [0.25, 0.3) is 5.91 Å². The summed E-state index contributed by atoms with van der Waals surface area (Å²) in [6.07, 6.45) is -3.27. The average molecular weight is 735 g/mol. The van der Waals surface area contributed by atoms with Crippen molar-refractivity contribution in [2.75, 3.05) is 37.4 Å². The molecule has 0 aliphatic heterocycles. The van der Waals surface area contributed by atoms with Crippen LogP contribution in [0.3, 0.4) is 0 Å². The highest BCUT2D eigenvalue weighted by Crippen LogP contribution is 2.48. The first-order valence-corrected chi connectivity index (χ1v) is 16.1. The molecule has 274 valence electrons. The largest absolute Gasteiger partial charge is 0.467 e. The highest BCUT2D eigenvalue weighted by Gasteiger charge is 2.45. The first kappa shape index (κ1) is 38.6. The van der Waals surface area contributed by atoms with Gasteiger partial charge >= 0.3 is 30.0 Å². The Kier molecular flexibility index (Phi) is 12.3. The van der Waals surface area contributed by atoms with Crippen molar-refractivity contribution in [3.63, 3.8) is 0 Å². The molecule has 1 aliphatic carbocycles. The SMILES string of the molecule is COC(=O)[C@H](CCNC(=O)C(=O)NCC(C)(C)C)NC(=O)c1ccc(Nc2nc(NC3(c4ccc(Cl)cc4)CC3)nc(OCC(F)(F)F)n2)cc1. The quantitative estimate of drug-likeness (QED) is 0.118. The molecule has 0 unspecified atom stereocenters. The first-order valence-electron chi connectivity index (χ1n) is 15.8. The van der Waals surface area contributed by atoms with E-state index < -0.39 is 54.1 Å². The summed E-state index contributed by atoms with van der Waals surface area (Å²) >= 11 is 6.02. The van der Waals surface area contributed by atoms with E-state index in [-0.39, 0.29) is 42.4 Å². The molecule has 3 amide bonds. The molecule has 0 spiro atoms. The molecule has 1 atom stereocenters. The number of benzene rings is 2. The third-order valence-electron chi connectivity index (χ3n) is 7.38. The molecule has 0 saturated heterocycles. The Bertz CT molecular complexity index is 1720. The van der Waals surface area contributed by atoms with Crippen LogP contribution in [-0.4, -0.2) is 77.7 Å². The van der Waals surface area contributed by atoms with Crippen molar-refractivity contribution in [1.82, 2.24) is 30.9 Å². The van der Waals surface area contributed by atoms with Crippen molar-refractivity contribution >= 4 is 52.9 Å². The summed E-state index contributed by atoms with van der Waals surface area (Å²) in [4.78, 5) is 61.8. The van der Waals surface area contributed by atoms with Crippen LogP contribution >= 0.6 is 11.6 Å². The Morgan fingerprint density at radius 3 is 2.12 bits per heavy atom. The fraction of sp³-hybridized carbons (Fsp3) is 0.424. The van der Waals surface area contributed by atoms with Crippen LogP contribution in [0.1, 0.15) is 56.0 Å². The first-order chi connectivity index (χ1) is 23.9. The van der Waals surface area contributed by atoms with Crippen LogP contribution in [0.5, 0.6) is 6.01 Å². The van der Waals surface area contributed by atoms with Crippen LogP contribution in [0.4, 0.5) is 30.8 Å². The number of nitrogens with zero attached hydrogens (tertiary/aromatic N) is 3. The van der Waals surface area contributed by atoms with Gasteiger partial charge in [0.1, 0.15) is 6.04 Å². The minimum Gasteiger partial charge on any atom is -0.467 e. The van der Waals surface area contributed by atoms with Gasteiger partial charge < -0.3 is 36.1 Å². The van der Waals surface area contributed by atoms with E-state index >= 15 is 0 Å². The summed E-state index contributed by atoms with van der Waals surface area (Å²) in [5, 5.41) is 14.1. The van der Waals surface area contributed by atoms with Crippen LogP contribution < -0.4 is 31.3 Å². The maximum absolute atomic E-state index is 13.0. The van der Waals surface area contributed by atoms with Gasteiger partial charge in [0.2, 0.25) is 11.9 Å². The Balaban J connectivity index is 1.41. The Labute approximate surface area is 296 Å². The summed E-state index contributed by atoms with van der Waals surface area (Å²) in [6, 6.07) is 11.2. The molecule has 1 aromatic heterocycles. The van der Waals surface area contributed by atoms with E-state index in [1.54, 1.807) is 12.1 Å². The number of hydrogen-bond donors (Lipinski definition) is 5. The van der Waals surface area contributed by atoms with Crippen molar-refractivity contribution in [3.05, 3.63) is 64.7 Å². The van der Waals surface area contributed by atoms with E-state index in [4.69, 9.17) is 21.1 Å². The lowest BCUT2D eigenvalue weighted by molar-refractivity contribution is -0.154. The van der Waals surface area contributed by atoms with Crippen LogP contribution in [0, 0.1) is 5.41 Å². The molecule has 18 heteroatoms. The lowest BCUT2D eigenvalue weighted by Crippen LogP contribution is -2.46. The lowest BCUT2D eigenvalue weighted by Gasteiger charge is -2.19. The standard InChI is InChI=1S/C33H38ClF3N8O6/c1-31(2,3)17-39-26(48)25(47)38-16-13-23(27(49)50-4)41-24(46)19-5-11-22(12-6-19)40-28-42-29(44-30(43-28)51-18-33(35,36)37)45-32(14-15-32)20-7-9-21(34)10-8-20/h5-12,23H,13-18H2,1-4H3,(H,38,47)(H,39,48)(H,41,46)(H2,40,42,43,44,45)/t23-/m0/s1. The van der Waals surface area contributed by atoms with Gasteiger partial charge in [-0.05, 0) is 66.6 Å². The molecule has 0 radical (unpaired) electrons. The van der Waals surface area contributed by atoms with Crippen LogP contribution in [0.25, 0.3) is 0 Å². The highest BCUT2D eigenvalue weighted by atomic mass is 35.5. The molecule has 1 heterocycles. The number of esters is 1. The number of alkyl halides is 3. The Morgan fingerprint density at radius 1 is 0.902 bits per heavy atom. The Hall–Kier alpha value is -5.19. The molecular weight excluding hydrogens is 697 g/mol. The molecule has 51 heavy (non-hydrogen) atoms. The number of carbonyl (C=O) groups is 4. The van der Waals surface area contributed by atoms with Gasteiger partial charge in [-0.1, -0.05) is 44.5 Å². The zero-order valence-electron chi connectivity index (χ0n) is 28.2. The number of nitrogens with one attached hydrogen (secondary N) is 5. The number of aromatic nitrogens is 3. The zero-order valence-corrected chi connectivity index (χ0v) is 29.0. The molecule has 4 rings (SSSR count). The van der Waals surface area contributed by atoms with E-state index in [2.05, 4.69) is 41.5 Å². The van der Waals surface area contributed by atoms with Crippen molar-refractivity contribution in [2.45, 2.75) is 57.8 Å². The van der Waals surface area contributed by atoms with E-state index in [1.807, 2.05) is 32.9 Å². The summed E-state index contributed by atoms with van der Waals surface area (Å²) in [6.45, 7) is 4.24. The van der Waals surface area contributed by atoms with Gasteiger partial charge in [-0.25, -0.2) is 4.79 Å². The van der Waals surface area contributed by atoms with Gasteiger partial charge in [-0.3, -0.25) is 14.4 Å². The fourth-order valence-electron chi connectivity index (χ4n) is 4.58. The number of rotatable bonds is 14. The van der Waals surface area contributed by atoms with Gasteiger partial charge in [0.05, 0.1) is 12.6 Å². The van der Waals surface area contributed by atoms with E-state index in [1.165, 1.54) is 24.3 Å².